The largest absolute Gasteiger partial charge is 0.493 e. The lowest BCUT2D eigenvalue weighted by molar-refractivity contribution is 0.243. The van der Waals surface area contributed by atoms with Gasteiger partial charge in [-0.2, -0.15) is 0 Å². The third-order valence-electron chi connectivity index (χ3n) is 3.68. The highest BCUT2D eigenvalue weighted by Gasteiger charge is 2.13. The lowest BCUT2D eigenvalue weighted by Gasteiger charge is -2.18. The molecule has 0 aliphatic rings. The number of methoxy groups -OCH3 is 1. The number of nitrogens with one attached hydrogen (secondary N) is 1. The molecule has 0 spiro atoms. The predicted octanol–water partition coefficient (Wildman–Crippen LogP) is 4.07. The molecular weight excluding hydrogens is 370 g/mol. The van der Waals surface area contributed by atoms with E-state index in [9.17, 15) is 5.11 Å². The van der Waals surface area contributed by atoms with Gasteiger partial charge in [-0.25, -0.2) is 0 Å². The second-order valence-corrected chi connectivity index (χ2v) is 6.34. The average molecular weight is 394 g/mol. The molecule has 4 nitrogen and oxygen atoms in total. The van der Waals surface area contributed by atoms with E-state index in [1.54, 1.807) is 7.11 Å². The maximum absolute atomic E-state index is 9.64. The van der Waals surface area contributed by atoms with Crippen LogP contribution in [0, 0.1) is 0 Å². The van der Waals surface area contributed by atoms with Gasteiger partial charge < -0.3 is 19.9 Å². The maximum atomic E-state index is 9.64. The summed E-state index contributed by atoms with van der Waals surface area (Å²) in [5.74, 6) is 1.43. The molecule has 0 aromatic heterocycles. The van der Waals surface area contributed by atoms with Crippen molar-refractivity contribution >= 4 is 15.9 Å². The molecule has 2 aromatic carbocycles. The van der Waals surface area contributed by atoms with Crippen molar-refractivity contribution in [3.05, 3.63) is 58.1 Å². The molecule has 0 fully saturated rings. The van der Waals surface area contributed by atoms with Crippen LogP contribution in [0.25, 0.3) is 0 Å². The van der Waals surface area contributed by atoms with E-state index in [1.165, 1.54) is 0 Å². The van der Waals surface area contributed by atoms with Crippen LogP contribution < -0.4 is 14.8 Å². The van der Waals surface area contributed by atoms with Crippen LogP contribution in [0.1, 0.15) is 30.5 Å². The van der Waals surface area contributed by atoms with E-state index in [1.807, 2.05) is 42.5 Å². The molecule has 5 heteroatoms. The van der Waals surface area contributed by atoms with Gasteiger partial charge in [0, 0.05) is 6.54 Å². The standard InChI is InChI=1S/C19H24BrNO3/c1-3-9-24-19-16(20)10-14(11-18(19)23-2)12-21-17(13-22)15-7-5-4-6-8-15/h4-8,10-11,17,21-22H,3,9,12-13H2,1-2H3. The van der Waals surface area contributed by atoms with E-state index in [-0.39, 0.29) is 12.6 Å². The minimum Gasteiger partial charge on any atom is -0.493 e. The summed E-state index contributed by atoms with van der Waals surface area (Å²) >= 11 is 3.56. The molecule has 1 atom stereocenters. The fourth-order valence-corrected chi connectivity index (χ4v) is 3.04. The molecule has 0 saturated carbocycles. The van der Waals surface area contributed by atoms with Crippen molar-refractivity contribution in [1.29, 1.82) is 0 Å². The number of aliphatic hydroxyl groups is 1. The molecule has 24 heavy (non-hydrogen) atoms. The summed E-state index contributed by atoms with van der Waals surface area (Å²) in [5, 5.41) is 13.0. The van der Waals surface area contributed by atoms with E-state index in [4.69, 9.17) is 9.47 Å². The number of benzene rings is 2. The summed E-state index contributed by atoms with van der Waals surface area (Å²) in [6, 6.07) is 13.8. The summed E-state index contributed by atoms with van der Waals surface area (Å²) in [6.45, 7) is 3.37. The van der Waals surface area contributed by atoms with Crippen LogP contribution in [0.15, 0.2) is 46.9 Å². The minimum absolute atomic E-state index is 0.0417. The van der Waals surface area contributed by atoms with Crippen molar-refractivity contribution in [2.75, 3.05) is 20.3 Å². The highest BCUT2D eigenvalue weighted by molar-refractivity contribution is 9.10. The molecular formula is C19H24BrNO3. The maximum Gasteiger partial charge on any atom is 0.175 e. The Morgan fingerprint density at radius 1 is 1.21 bits per heavy atom. The van der Waals surface area contributed by atoms with Gasteiger partial charge in [0.25, 0.3) is 0 Å². The third-order valence-corrected chi connectivity index (χ3v) is 4.27. The fourth-order valence-electron chi connectivity index (χ4n) is 2.43. The highest BCUT2D eigenvalue weighted by atomic mass is 79.9. The number of rotatable bonds is 9. The molecule has 0 aliphatic carbocycles. The molecule has 0 aliphatic heterocycles. The van der Waals surface area contributed by atoms with Crippen LogP contribution in [0.5, 0.6) is 11.5 Å². The summed E-state index contributed by atoms with van der Waals surface area (Å²) in [6.07, 6.45) is 0.939. The van der Waals surface area contributed by atoms with E-state index in [0.29, 0.717) is 18.9 Å². The molecule has 2 rings (SSSR count). The Hall–Kier alpha value is -1.56. The average Bonchev–Trinajstić information content (AvgIpc) is 2.62. The smallest absolute Gasteiger partial charge is 0.175 e. The fraction of sp³-hybridized carbons (Fsp3) is 0.368. The van der Waals surface area contributed by atoms with Crippen LogP contribution in [0.3, 0.4) is 0 Å². The Labute approximate surface area is 151 Å². The van der Waals surface area contributed by atoms with Crippen molar-refractivity contribution in [2.45, 2.75) is 25.9 Å². The molecule has 0 radical (unpaired) electrons. The minimum atomic E-state index is -0.105. The van der Waals surface area contributed by atoms with Crippen LogP contribution in [0.2, 0.25) is 0 Å². The van der Waals surface area contributed by atoms with Gasteiger partial charge in [0.15, 0.2) is 11.5 Å². The second-order valence-electron chi connectivity index (χ2n) is 5.48. The van der Waals surface area contributed by atoms with Crippen LogP contribution in [-0.4, -0.2) is 25.4 Å². The van der Waals surface area contributed by atoms with Crippen molar-refractivity contribution in [1.82, 2.24) is 5.32 Å². The second kappa shape index (κ2) is 9.67. The monoisotopic (exact) mass is 393 g/mol. The van der Waals surface area contributed by atoms with E-state index in [2.05, 4.69) is 28.2 Å². The van der Waals surface area contributed by atoms with E-state index in [0.717, 1.165) is 27.8 Å². The van der Waals surface area contributed by atoms with Gasteiger partial charge in [-0.05, 0) is 45.6 Å². The quantitative estimate of drug-likeness (QED) is 0.673. The van der Waals surface area contributed by atoms with Gasteiger partial charge in [-0.1, -0.05) is 37.3 Å². The number of aliphatic hydroxyl groups excluding tert-OH is 1. The first-order valence-corrected chi connectivity index (χ1v) is 8.87. The molecule has 130 valence electrons. The Kier molecular flexibility index (Phi) is 7.56. The summed E-state index contributed by atoms with van der Waals surface area (Å²) in [4.78, 5) is 0. The van der Waals surface area contributed by atoms with Crippen molar-refractivity contribution < 1.29 is 14.6 Å². The molecule has 0 bridgehead atoms. The zero-order valence-electron chi connectivity index (χ0n) is 14.1. The topological polar surface area (TPSA) is 50.7 Å². The molecule has 0 saturated heterocycles. The Bertz CT molecular complexity index is 634. The predicted molar refractivity (Wildman–Crippen MR) is 99.6 cm³/mol. The lowest BCUT2D eigenvalue weighted by Crippen LogP contribution is -2.24. The van der Waals surface area contributed by atoms with Crippen LogP contribution >= 0.6 is 15.9 Å². The molecule has 2 aromatic rings. The molecule has 2 N–H and O–H groups in total. The summed E-state index contributed by atoms with van der Waals surface area (Å²) in [7, 11) is 1.64. The van der Waals surface area contributed by atoms with Crippen LogP contribution in [-0.2, 0) is 6.54 Å². The van der Waals surface area contributed by atoms with E-state index < -0.39 is 0 Å². The van der Waals surface area contributed by atoms with Crippen molar-refractivity contribution in [3.63, 3.8) is 0 Å². The van der Waals surface area contributed by atoms with Gasteiger partial charge in [0.2, 0.25) is 0 Å². The molecule has 0 heterocycles. The number of halogens is 1. The lowest BCUT2D eigenvalue weighted by atomic mass is 10.1. The third kappa shape index (κ3) is 4.97. The normalized spacial score (nSPS) is 12.0. The van der Waals surface area contributed by atoms with E-state index >= 15 is 0 Å². The van der Waals surface area contributed by atoms with Gasteiger partial charge >= 0.3 is 0 Å². The van der Waals surface area contributed by atoms with Gasteiger partial charge in [0.1, 0.15) is 0 Å². The zero-order chi connectivity index (χ0) is 17.4. The number of hydrogen-bond donors (Lipinski definition) is 2. The van der Waals surface area contributed by atoms with Crippen LogP contribution in [0.4, 0.5) is 0 Å². The summed E-state index contributed by atoms with van der Waals surface area (Å²) in [5.41, 5.74) is 2.12. The highest BCUT2D eigenvalue weighted by Crippen LogP contribution is 2.36. The van der Waals surface area contributed by atoms with Crippen molar-refractivity contribution in [2.24, 2.45) is 0 Å². The van der Waals surface area contributed by atoms with Gasteiger partial charge in [-0.3, -0.25) is 0 Å². The Morgan fingerprint density at radius 2 is 1.96 bits per heavy atom. The number of hydrogen-bond acceptors (Lipinski definition) is 4. The summed E-state index contributed by atoms with van der Waals surface area (Å²) < 4.78 is 12.1. The first kappa shape index (κ1) is 18.8. The first-order chi connectivity index (χ1) is 11.7. The molecule has 0 amide bonds. The Morgan fingerprint density at radius 3 is 2.58 bits per heavy atom. The molecule has 1 unspecified atom stereocenters. The van der Waals surface area contributed by atoms with Gasteiger partial charge in [-0.15, -0.1) is 0 Å². The zero-order valence-corrected chi connectivity index (χ0v) is 15.7. The van der Waals surface area contributed by atoms with Gasteiger partial charge in [0.05, 0.1) is 30.8 Å². The SMILES string of the molecule is CCCOc1c(Br)cc(CNC(CO)c2ccccc2)cc1OC. The Balaban J connectivity index is 2.10. The number of ether oxygens (including phenoxy) is 2. The first-order valence-electron chi connectivity index (χ1n) is 8.08. The van der Waals surface area contributed by atoms with Crippen molar-refractivity contribution in [3.8, 4) is 11.5 Å².